The molecule has 2 N–H and O–H groups in total. The molecule has 21 heavy (non-hydrogen) atoms. The first kappa shape index (κ1) is 16.1. The fourth-order valence-electron chi connectivity index (χ4n) is 2.10. The van der Waals surface area contributed by atoms with Gasteiger partial charge in [0, 0.05) is 22.0 Å². The molecule has 114 valence electrons. The van der Waals surface area contributed by atoms with Crippen molar-refractivity contribution in [2.75, 3.05) is 0 Å². The number of aromatic nitrogens is 1. The third-order valence-corrected chi connectivity index (χ3v) is 5.57. The van der Waals surface area contributed by atoms with Crippen LogP contribution in [0.1, 0.15) is 33.8 Å². The molecule has 0 radical (unpaired) electrons. The van der Waals surface area contributed by atoms with Crippen LogP contribution in [0.25, 0.3) is 0 Å². The molecule has 7 heteroatoms. The lowest BCUT2D eigenvalue weighted by molar-refractivity contribution is 0.281. The highest BCUT2D eigenvalue weighted by Crippen LogP contribution is 2.27. The molecule has 2 aromatic heterocycles. The van der Waals surface area contributed by atoms with Crippen LogP contribution in [0.2, 0.25) is 0 Å². The summed E-state index contributed by atoms with van der Waals surface area (Å²) in [5, 5.41) is 8.91. The van der Waals surface area contributed by atoms with Gasteiger partial charge in [0.1, 0.15) is 0 Å². The van der Waals surface area contributed by atoms with E-state index in [4.69, 9.17) is 5.11 Å². The monoisotopic (exact) mass is 326 g/mol. The highest BCUT2D eigenvalue weighted by Gasteiger charge is 2.21. The van der Waals surface area contributed by atoms with Crippen LogP contribution in [0.4, 0.5) is 0 Å². The van der Waals surface area contributed by atoms with Crippen LogP contribution in [0.5, 0.6) is 0 Å². The minimum Gasteiger partial charge on any atom is -0.392 e. The Morgan fingerprint density at radius 2 is 2.10 bits per heavy atom. The van der Waals surface area contributed by atoms with Crippen molar-refractivity contribution in [2.24, 2.45) is 0 Å². The van der Waals surface area contributed by atoms with Crippen LogP contribution >= 0.6 is 11.3 Å². The smallest absolute Gasteiger partial charge is 0.258 e. The second-order valence-electron chi connectivity index (χ2n) is 4.87. The van der Waals surface area contributed by atoms with Gasteiger partial charge in [-0.3, -0.25) is 0 Å². The van der Waals surface area contributed by atoms with Gasteiger partial charge < -0.3 is 5.11 Å². The molecule has 1 unspecified atom stereocenters. The van der Waals surface area contributed by atoms with Gasteiger partial charge in [0.05, 0.1) is 6.61 Å². The number of nitrogens with zero attached hydrogens (tertiary/aromatic N) is 1. The molecular formula is C14H18N2O3S2. The maximum absolute atomic E-state index is 12.3. The van der Waals surface area contributed by atoms with E-state index in [2.05, 4.69) is 9.71 Å². The third-order valence-electron chi connectivity index (χ3n) is 3.13. The Labute approximate surface area is 128 Å². The van der Waals surface area contributed by atoms with Gasteiger partial charge in [0.25, 0.3) is 10.0 Å². The number of aliphatic hydroxyl groups is 1. The van der Waals surface area contributed by atoms with Crippen molar-refractivity contribution in [3.63, 3.8) is 0 Å². The van der Waals surface area contributed by atoms with Gasteiger partial charge in [-0.25, -0.2) is 18.1 Å². The molecule has 0 aliphatic rings. The number of thiophene rings is 1. The summed E-state index contributed by atoms with van der Waals surface area (Å²) in [5.74, 6) is 0. The Hall–Kier alpha value is -1.28. The second kappa shape index (κ2) is 6.23. The summed E-state index contributed by atoms with van der Waals surface area (Å²) in [6.07, 6.45) is 1.36. The highest BCUT2D eigenvalue weighted by molar-refractivity contribution is 7.89. The molecule has 0 saturated heterocycles. The number of rotatable bonds is 5. The standard InChI is InChI=1S/C14H18N2O3S2/c1-9-6-13(11(3)20-9)10(2)16-21(18,19)14-5-4-12(8-17)7-15-14/h4-7,10,16-17H,8H2,1-3H3. The van der Waals surface area contributed by atoms with Crippen molar-refractivity contribution >= 4 is 21.4 Å². The number of aliphatic hydroxyl groups excluding tert-OH is 1. The molecule has 0 aliphatic heterocycles. The highest BCUT2D eigenvalue weighted by atomic mass is 32.2. The number of hydrogen-bond acceptors (Lipinski definition) is 5. The maximum Gasteiger partial charge on any atom is 0.258 e. The Morgan fingerprint density at radius 1 is 1.38 bits per heavy atom. The Kier molecular flexibility index (Phi) is 4.77. The van der Waals surface area contributed by atoms with Crippen molar-refractivity contribution < 1.29 is 13.5 Å². The van der Waals surface area contributed by atoms with Crippen molar-refractivity contribution in [2.45, 2.75) is 38.4 Å². The predicted molar refractivity (Wildman–Crippen MR) is 82.7 cm³/mol. The molecule has 0 saturated carbocycles. The third kappa shape index (κ3) is 3.68. The zero-order chi connectivity index (χ0) is 15.6. The second-order valence-corrected chi connectivity index (χ2v) is 8.00. The van der Waals surface area contributed by atoms with E-state index in [1.54, 1.807) is 17.4 Å². The molecule has 5 nitrogen and oxygen atoms in total. The number of pyridine rings is 1. The molecule has 0 bridgehead atoms. The summed E-state index contributed by atoms with van der Waals surface area (Å²) in [5.41, 5.74) is 1.55. The minimum absolute atomic E-state index is 0.0452. The van der Waals surface area contributed by atoms with Crippen LogP contribution in [-0.2, 0) is 16.6 Å². The summed E-state index contributed by atoms with van der Waals surface area (Å²) in [6, 6.07) is 4.62. The molecule has 0 spiro atoms. The van der Waals surface area contributed by atoms with E-state index in [-0.39, 0.29) is 17.7 Å². The zero-order valence-corrected chi connectivity index (χ0v) is 13.8. The summed E-state index contributed by atoms with van der Waals surface area (Å²) in [4.78, 5) is 6.14. The summed E-state index contributed by atoms with van der Waals surface area (Å²) >= 11 is 1.65. The number of hydrogen-bond donors (Lipinski definition) is 2. The van der Waals surface area contributed by atoms with E-state index in [1.807, 2.05) is 26.8 Å². The molecule has 1 atom stereocenters. The lowest BCUT2D eigenvalue weighted by Crippen LogP contribution is -2.27. The first-order valence-corrected chi connectivity index (χ1v) is 8.78. The Balaban J connectivity index is 2.22. The molecule has 2 heterocycles. The van der Waals surface area contributed by atoms with Gasteiger partial charge in [-0.05, 0) is 44.0 Å². The molecular weight excluding hydrogens is 308 g/mol. The van der Waals surface area contributed by atoms with Gasteiger partial charge in [0.15, 0.2) is 5.03 Å². The van der Waals surface area contributed by atoms with E-state index in [1.165, 1.54) is 12.3 Å². The van der Waals surface area contributed by atoms with Crippen molar-refractivity contribution in [3.05, 3.63) is 45.3 Å². The van der Waals surface area contributed by atoms with Crippen LogP contribution in [0.15, 0.2) is 29.4 Å². The van der Waals surface area contributed by atoms with E-state index in [9.17, 15) is 8.42 Å². The summed E-state index contributed by atoms with van der Waals surface area (Å²) in [6.45, 7) is 5.63. The molecule has 0 aliphatic carbocycles. The van der Waals surface area contributed by atoms with Gasteiger partial charge in [-0.2, -0.15) is 0 Å². The number of sulfonamides is 1. The van der Waals surface area contributed by atoms with Gasteiger partial charge in [-0.1, -0.05) is 6.07 Å². The first-order chi connectivity index (χ1) is 9.83. The van der Waals surface area contributed by atoms with E-state index in [0.717, 1.165) is 15.3 Å². The van der Waals surface area contributed by atoms with Gasteiger partial charge >= 0.3 is 0 Å². The summed E-state index contributed by atoms with van der Waals surface area (Å²) in [7, 11) is -3.68. The fourth-order valence-corrected chi connectivity index (χ4v) is 4.27. The van der Waals surface area contributed by atoms with Crippen LogP contribution in [0.3, 0.4) is 0 Å². The number of nitrogens with one attached hydrogen (secondary N) is 1. The first-order valence-electron chi connectivity index (χ1n) is 6.48. The van der Waals surface area contributed by atoms with E-state index in [0.29, 0.717) is 5.56 Å². The normalized spacial score (nSPS) is 13.3. The van der Waals surface area contributed by atoms with E-state index >= 15 is 0 Å². The van der Waals surface area contributed by atoms with Gasteiger partial charge in [-0.15, -0.1) is 11.3 Å². The van der Waals surface area contributed by atoms with Crippen molar-refractivity contribution in [3.8, 4) is 0 Å². The SMILES string of the molecule is Cc1cc(C(C)NS(=O)(=O)c2ccc(CO)cn2)c(C)s1. The van der Waals surface area contributed by atoms with E-state index < -0.39 is 10.0 Å². The molecule has 0 fully saturated rings. The lowest BCUT2D eigenvalue weighted by Gasteiger charge is -2.14. The topological polar surface area (TPSA) is 79.3 Å². The van der Waals surface area contributed by atoms with Crippen LogP contribution in [0, 0.1) is 13.8 Å². The summed E-state index contributed by atoms with van der Waals surface area (Å²) < 4.78 is 27.2. The average molecular weight is 326 g/mol. The van der Waals surface area contributed by atoms with Crippen LogP contribution in [-0.4, -0.2) is 18.5 Å². The molecule has 2 aromatic rings. The lowest BCUT2D eigenvalue weighted by atomic mass is 10.1. The van der Waals surface area contributed by atoms with Gasteiger partial charge in [0.2, 0.25) is 0 Å². The minimum atomic E-state index is -3.68. The largest absolute Gasteiger partial charge is 0.392 e. The molecule has 0 amide bonds. The molecule has 0 aromatic carbocycles. The molecule has 2 rings (SSSR count). The Morgan fingerprint density at radius 3 is 2.57 bits per heavy atom. The maximum atomic E-state index is 12.3. The zero-order valence-electron chi connectivity index (χ0n) is 12.1. The Bertz CT molecular complexity index is 721. The average Bonchev–Trinajstić information content (AvgIpc) is 2.77. The predicted octanol–water partition coefficient (Wildman–Crippen LogP) is 2.29. The van der Waals surface area contributed by atoms with Crippen molar-refractivity contribution in [1.29, 1.82) is 0 Å². The fraction of sp³-hybridized carbons (Fsp3) is 0.357. The quantitative estimate of drug-likeness (QED) is 0.883. The van der Waals surface area contributed by atoms with Crippen molar-refractivity contribution in [1.82, 2.24) is 9.71 Å². The number of aryl methyl sites for hydroxylation is 2. The van der Waals surface area contributed by atoms with Crippen LogP contribution < -0.4 is 4.72 Å².